The van der Waals surface area contributed by atoms with E-state index in [-0.39, 0.29) is 17.2 Å². The number of hydrogen-bond donors (Lipinski definition) is 0. The van der Waals surface area contributed by atoms with Crippen molar-refractivity contribution in [3.63, 3.8) is 0 Å². The van der Waals surface area contributed by atoms with Crippen molar-refractivity contribution < 1.29 is 9.59 Å². The molecule has 0 radical (unpaired) electrons. The molecule has 0 N–H and O–H groups in total. The van der Waals surface area contributed by atoms with Gasteiger partial charge in [-0.05, 0) is 42.8 Å². The predicted octanol–water partition coefficient (Wildman–Crippen LogP) is 4.28. The molecule has 0 aromatic heterocycles. The molecule has 0 spiro atoms. The van der Waals surface area contributed by atoms with Gasteiger partial charge in [0.25, 0.3) is 11.1 Å². The summed E-state index contributed by atoms with van der Waals surface area (Å²) in [5.41, 5.74) is 0.900. The van der Waals surface area contributed by atoms with Crippen molar-refractivity contribution in [2.75, 3.05) is 0 Å². The maximum absolute atomic E-state index is 12.2. The molecule has 1 heterocycles. The number of nitrogens with zero attached hydrogens (tertiary/aromatic N) is 1. The Morgan fingerprint density at radius 3 is 2.68 bits per heavy atom. The monoisotopic (exact) mass is 339 g/mol. The maximum atomic E-state index is 12.2. The Morgan fingerprint density at radius 2 is 2.05 bits per heavy atom. The first-order chi connectivity index (χ1) is 9.04. The van der Waals surface area contributed by atoms with E-state index in [1.165, 1.54) is 4.90 Å². The predicted molar refractivity (Wildman–Crippen MR) is 81.7 cm³/mol. The summed E-state index contributed by atoms with van der Waals surface area (Å²) in [7, 11) is 0. The van der Waals surface area contributed by atoms with Crippen LogP contribution in [0.1, 0.15) is 25.8 Å². The average molecular weight is 340 g/mol. The van der Waals surface area contributed by atoms with E-state index in [0.29, 0.717) is 4.91 Å². The molecule has 0 saturated carbocycles. The molecule has 2 rings (SSSR count). The van der Waals surface area contributed by atoms with Crippen molar-refractivity contribution in [2.24, 2.45) is 0 Å². The number of amides is 2. The molecular weight excluding hydrogens is 326 g/mol. The minimum absolute atomic E-state index is 0.0578. The Kier molecular flexibility index (Phi) is 4.47. The van der Waals surface area contributed by atoms with Crippen molar-refractivity contribution in [2.45, 2.75) is 26.3 Å². The molecule has 1 aliphatic rings. The van der Waals surface area contributed by atoms with Crippen molar-refractivity contribution in [3.8, 4) is 0 Å². The summed E-state index contributed by atoms with van der Waals surface area (Å²) >= 11 is 4.44. The van der Waals surface area contributed by atoms with Crippen LogP contribution in [0.25, 0.3) is 6.08 Å². The first-order valence-corrected chi connectivity index (χ1v) is 7.67. The van der Waals surface area contributed by atoms with Crippen LogP contribution < -0.4 is 0 Å². The van der Waals surface area contributed by atoms with E-state index < -0.39 is 0 Å². The summed E-state index contributed by atoms with van der Waals surface area (Å²) < 4.78 is 0.908. The number of halogens is 1. The van der Waals surface area contributed by atoms with Crippen molar-refractivity contribution in [1.82, 2.24) is 4.90 Å². The number of imide groups is 1. The van der Waals surface area contributed by atoms with Gasteiger partial charge in [-0.2, -0.15) is 0 Å². The third-order valence-electron chi connectivity index (χ3n) is 3.05. The second kappa shape index (κ2) is 5.92. The van der Waals surface area contributed by atoms with Gasteiger partial charge in [0.05, 0.1) is 4.91 Å². The van der Waals surface area contributed by atoms with Gasteiger partial charge in [-0.25, -0.2) is 0 Å². The average Bonchev–Trinajstić information content (AvgIpc) is 2.66. The molecule has 2 amide bonds. The maximum Gasteiger partial charge on any atom is 0.293 e. The van der Waals surface area contributed by atoms with Gasteiger partial charge in [0.1, 0.15) is 0 Å². The van der Waals surface area contributed by atoms with Gasteiger partial charge in [0.15, 0.2) is 0 Å². The molecule has 1 saturated heterocycles. The molecule has 0 bridgehead atoms. The van der Waals surface area contributed by atoms with Crippen LogP contribution >= 0.6 is 27.7 Å². The van der Waals surface area contributed by atoms with Crippen LogP contribution in [0.15, 0.2) is 33.6 Å². The van der Waals surface area contributed by atoms with Crippen LogP contribution in [-0.4, -0.2) is 22.1 Å². The lowest BCUT2D eigenvalue weighted by atomic mass is 10.2. The summed E-state index contributed by atoms with van der Waals surface area (Å²) in [6.45, 7) is 3.85. The number of carbonyl (C=O) groups is 2. The van der Waals surface area contributed by atoms with Crippen LogP contribution in [0.4, 0.5) is 4.79 Å². The second-order valence-corrected chi connectivity index (χ2v) is 6.18. The van der Waals surface area contributed by atoms with Gasteiger partial charge in [0, 0.05) is 10.5 Å². The third kappa shape index (κ3) is 2.92. The molecule has 1 unspecified atom stereocenters. The molecule has 0 aliphatic carbocycles. The SMILES string of the molecule is CCC(C)N1C(=O)S/C(=C/c2ccccc2Br)C1=O. The van der Waals surface area contributed by atoms with Gasteiger partial charge in [0.2, 0.25) is 0 Å². The van der Waals surface area contributed by atoms with Gasteiger partial charge in [-0.3, -0.25) is 14.5 Å². The van der Waals surface area contributed by atoms with Gasteiger partial charge < -0.3 is 0 Å². The summed E-state index contributed by atoms with van der Waals surface area (Å²) in [6.07, 6.45) is 2.53. The van der Waals surface area contributed by atoms with Crippen molar-refractivity contribution >= 4 is 44.9 Å². The fourth-order valence-electron chi connectivity index (χ4n) is 1.78. The Hall–Kier alpha value is -1.07. The summed E-state index contributed by atoms with van der Waals surface area (Å²) in [5.74, 6) is -0.194. The standard InChI is InChI=1S/C14H14BrNO2S/c1-3-9(2)16-13(17)12(19-14(16)18)8-10-6-4-5-7-11(10)15/h4-9H,3H2,1-2H3/b12-8+. The van der Waals surface area contributed by atoms with Crippen molar-refractivity contribution in [1.29, 1.82) is 0 Å². The summed E-state index contributed by atoms with van der Waals surface area (Å²) in [6, 6.07) is 7.56. The Bertz CT molecular complexity index is 556. The molecule has 1 aromatic carbocycles. The van der Waals surface area contributed by atoms with E-state index in [9.17, 15) is 9.59 Å². The minimum Gasteiger partial charge on any atom is -0.268 e. The topological polar surface area (TPSA) is 37.4 Å². The summed E-state index contributed by atoms with van der Waals surface area (Å²) in [5, 5.41) is -0.183. The van der Waals surface area contributed by atoms with Gasteiger partial charge in [-0.15, -0.1) is 0 Å². The van der Waals surface area contributed by atoms with Crippen LogP contribution in [0.5, 0.6) is 0 Å². The molecule has 5 heteroatoms. The van der Waals surface area contributed by atoms with Crippen LogP contribution in [-0.2, 0) is 4.79 Å². The van der Waals surface area contributed by atoms with Gasteiger partial charge >= 0.3 is 0 Å². The Balaban J connectivity index is 2.31. The fraction of sp³-hybridized carbons (Fsp3) is 0.286. The first kappa shape index (κ1) is 14.3. The van der Waals surface area contributed by atoms with E-state index in [1.54, 1.807) is 6.08 Å². The Labute approximate surface area is 125 Å². The highest BCUT2D eigenvalue weighted by Crippen LogP contribution is 2.35. The van der Waals surface area contributed by atoms with Gasteiger partial charge in [-0.1, -0.05) is 41.1 Å². The molecule has 100 valence electrons. The lowest BCUT2D eigenvalue weighted by Gasteiger charge is -2.19. The highest BCUT2D eigenvalue weighted by Gasteiger charge is 2.37. The Morgan fingerprint density at radius 1 is 1.37 bits per heavy atom. The number of carbonyl (C=O) groups excluding carboxylic acids is 2. The zero-order valence-electron chi connectivity index (χ0n) is 10.7. The van der Waals surface area contributed by atoms with Crippen LogP contribution in [0.2, 0.25) is 0 Å². The highest BCUT2D eigenvalue weighted by molar-refractivity contribution is 9.10. The molecule has 1 atom stereocenters. The number of rotatable bonds is 3. The number of hydrogen-bond acceptors (Lipinski definition) is 3. The fourth-order valence-corrected chi connectivity index (χ4v) is 3.10. The number of thioether (sulfide) groups is 1. The normalized spacial score (nSPS) is 19.3. The highest BCUT2D eigenvalue weighted by atomic mass is 79.9. The lowest BCUT2D eigenvalue weighted by Crippen LogP contribution is -2.36. The van der Waals surface area contributed by atoms with Crippen LogP contribution in [0.3, 0.4) is 0 Å². The van der Waals surface area contributed by atoms with E-state index in [2.05, 4.69) is 15.9 Å². The quantitative estimate of drug-likeness (QED) is 0.771. The molecule has 1 fully saturated rings. The smallest absolute Gasteiger partial charge is 0.268 e. The zero-order chi connectivity index (χ0) is 14.0. The minimum atomic E-state index is -0.194. The van der Waals surface area contributed by atoms with Crippen LogP contribution in [0, 0.1) is 0 Å². The molecule has 1 aromatic rings. The molecule has 1 aliphatic heterocycles. The van der Waals surface area contributed by atoms with E-state index in [1.807, 2.05) is 38.1 Å². The largest absolute Gasteiger partial charge is 0.293 e. The third-order valence-corrected chi connectivity index (χ3v) is 4.65. The lowest BCUT2D eigenvalue weighted by molar-refractivity contribution is -0.124. The van der Waals surface area contributed by atoms with E-state index in [0.717, 1.165) is 28.2 Å². The second-order valence-electron chi connectivity index (χ2n) is 4.33. The first-order valence-electron chi connectivity index (χ1n) is 6.06. The van der Waals surface area contributed by atoms with Crippen molar-refractivity contribution in [3.05, 3.63) is 39.2 Å². The van der Waals surface area contributed by atoms with E-state index in [4.69, 9.17) is 0 Å². The zero-order valence-corrected chi connectivity index (χ0v) is 13.1. The molecular formula is C14H14BrNO2S. The number of benzene rings is 1. The summed E-state index contributed by atoms with van der Waals surface area (Å²) in [4.78, 5) is 25.9. The molecule has 19 heavy (non-hydrogen) atoms. The van der Waals surface area contributed by atoms with E-state index >= 15 is 0 Å². The molecule has 3 nitrogen and oxygen atoms in total.